The van der Waals surface area contributed by atoms with Crippen LogP contribution < -0.4 is 0 Å². The van der Waals surface area contributed by atoms with Gasteiger partial charge in [0.05, 0.1) is 6.10 Å². The van der Waals surface area contributed by atoms with Gasteiger partial charge < -0.3 is 15.1 Å². The largest absolute Gasteiger partial charge is 0.480 e. The second-order valence-corrected chi connectivity index (χ2v) is 3.83. The lowest BCUT2D eigenvalue weighted by atomic mass is 10.1. The maximum absolute atomic E-state index is 11.6. The molecule has 5 heteroatoms. The molecule has 0 spiro atoms. The van der Waals surface area contributed by atoms with Crippen LogP contribution in [0.2, 0.25) is 0 Å². The molecule has 80 valence electrons. The lowest BCUT2D eigenvalue weighted by molar-refractivity contribution is -0.152. The zero-order valence-corrected chi connectivity index (χ0v) is 8.30. The van der Waals surface area contributed by atoms with Crippen LogP contribution in [0.5, 0.6) is 0 Å². The fraction of sp³-hybridized carbons (Fsp3) is 0.778. The van der Waals surface area contributed by atoms with E-state index in [9.17, 15) is 14.7 Å². The molecule has 1 heterocycles. The zero-order valence-electron chi connectivity index (χ0n) is 8.30. The molecule has 5 nitrogen and oxygen atoms in total. The molecular formula is C9H15NO4. The molecule has 1 rings (SSSR count). The maximum Gasteiger partial charge on any atom is 0.329 e. The highest BCUT2D eigenvalue weighted by molar-refractivity contribution is 5.85. The molecule has 0 aromatic rings. The highest BCUT2D eigenvalue weighted by Gasteiger charge is 2.41. The molecule has 0 saturated carbocycles. The van der Waals surface area contributed by atoms with Crippen LogP contribution in [-0.4, -0.2) is 45.7 Å². The topological polar surface area (TPSA) is 77.8 Å². The van der Waals surface area contributed by atoms with Gasteiger partial charge in [0.1, 0.15) is 0 Å². The predicted octanol–water partition coefficient (Wildman–Crippen LogP) is -0.311. The van der Waals surface area contributed by atoms with Gasteiger partial charge in [0.2, 0.25) is 5.91 Å². The average molecular weight is 201 g/mol. The Kier molecular flexibility index (Phi) is 3.10. The van der Waals surface area contributed by atoms with Gasteiger partial charge in [0.25, 0.3) is 0 Å². The fourth-order valence-electron chi connectivity index (χ4n) is 1.65. The number of likely N-dealkylation sites (tertiary alicyclic amines) is 1. The van der Waals surface area contributed by atoms with Gasteiger partial charge in [-0.05, 0) is 6.42 Å². The number of hydrogen-bond donors (Lipinski definition) is 2. The predicted molar refractivity (Wildman–Crippen MR) is 48.6 cm³/mol. The van der Waals surface area contributed by atoms with E-state index in [1.165, 1.54) is 4.90 Å². The average Bonchev–Trinajstić information content (AvgIpc) is 2.45. The molecule has 2 atom stereocenters. The summed E-state index contributed by atoms with van der Waals surface area (Å²) in [5.74, 6) is -1.58. The molecule has 1 aliphatic rings. The minimum atomic E-state index is -1.14. The van der Waals surface area contributed by atoms with E-state index in [0.717, 1.165) is 0 Å². The molecule has 2 N–H and O–H groups in total. The van der Waals surface area contributed by atoms with E-state index in [1.54, 1.807) is 13.8 Å². The molecule has 0 aromatic carbocycles. The molecule has 14 heavy (non-hydrogen) atoms. The summed E-state index contributed by atoms with van der Waals surface area (Å²) in [6.07, 6.45) is -0.592. The van der Waals surface area contributed by atoms with Gasteiger partial charge in [-0.25, -0.2) is 4.79 Å². The number of carbonyl (C=O) groups excluding carboxylic acids is 1. The Morgan fingerprint density at radius 1 is 1.43 bits per heavy atom. The summed E-state index contributed by atoms with van der Waals surface area (Å²) in [5.41, 5.74) is 0. The van der Waals surface area contributed by atoms with Crippen LogP contribution in [-0.2, 0) is 9.59 Å². The van der Waals surface area contributed by atoms with Crippen molar-refractivity contribution in [2.45, 2.75) is 32.4 Å². The van der Waals surface area contributed by atoms with Crippen molar-refractivity contribution in [2.24, 2.45) is 5.92 Å². The molecular weight excluding hydrogens is 186 g/mol. The molecule has 1 unspecified atom stereocenters. The molecule has 1 amide bonds. The van der Waals surface area contributed by atoms with Gasteiger partial charge in [-0.15, -0.1) is 0 Å². The molecule has 1 fully saturated rings. The summed E-state index contributed by atoms with van der Waals surface area (Å²) >= 11 is 0. The van der Waals surface area contributed by atoms with E-state index in [2.05, 4.69) is 0 Å². The van der Waals surface area contributed by atoms with Crippen LogP contribution in [0.3, 0.4) is 0 Å². The quantitative estimate of drug-likeness (QED) is 0.642. The third-order valence-corrected chi connectivity index (χ3v) is 2.40. The van der Waals surface area contributed by atoms with Gasteiger partial charge in [0, 0.05) is 12.5 Å². The summed E-state index contributed by atoms with van der Waals surface area (Å²) in [7, 11) is 0. The van der Waals surface area contributed by atoms with Crippen molar-refractivity contribution >= 4 is 11.9 Å². The van der Waals surface area contributed by atoms with Crippen molar-refractivity contribution in [3.05, 3.63) is 0 Å². The molecule has 0 aromatic heterocycles. The van der Waals surface area contributed by atoms with Crippen molar-refractivity contribution in [3.8, 4) is 0 Å². The monoisotopic (exact) mass is 201 g/mol. The number of carboxylic acids is 1. The van der Waals surface area contributed by atoms with Gasteiger partial charge in [-0.2, -0.15) is 0 Å². The first-order valence-corrected chi connectivity index (χ1v) is 4.66. The summed E-state index contributed by atoms with van der Waals surface area (Å²) in [6.45, 7) is 3.76. The van der Waals surface area contributed by atoms with E-state index < -0.39 is 18.1 Å². The van der Waals surface area contributed by atoms with E-state index in [4.69, 9.17) is 5.11 Å². The van der Waals surface area contributed by atoms with Crippen molar-refractivity contribution in [3.63, 3.8) is 0 Å². The van der Waals surface area contributed by atoms with Crippen molar-refractivity contribution < 1.29 is 19.8 Å². The third kappa shape index (κ3) is 1.87. The van der Waals surface area contributed by atoms with Gasteiger partial charge in [-0.3, -0.25) is 4.79 Å². The normalized spacial score (nSPS) is 27.0. The third-order valence-electron chi connectivity index (χ3n) is 2.40. The first-order valence-electron chi connectivity index (χ1n) is 4.66. The second kappa shape index (κ2) is 3.96. The van der Waals surface area contributed by atoms with E-state index in [1.807, 2.05) is 0 Å². The Balaban J connectivity index is 2.79. The standard InChI is InChI=1S/C9H15NO4/c1-5(2)8(12)10-4-3-6(11)7(10)9(13)14/h5-7,11H,3-4H2,1-2H3,(H,13,14)/t6?,7-/m0/s1. The smallest absolute Gasteiger partial charge is 0.329 e. The molecule has 0 aliphatic carbocycles. The Labute approximate surface area is 82.3 Å². The van der Waals surface area contributed by atoms with Crippen molar-refractivity contribution in [1.82, 2.24) is 4.90 Å². The number of amides is 1. The lowest BCUT2D eigenvalue weighted by Gasteiger charge is -2.24. The van der Waals surface area contributed by atoms with Crippen molar-refractivity contribution in [2.75, 3.05) is 6.54 Å². The summed E-state index contributed by atoms with van der Waals surface area (Å²) in [6, 6.07) is -1.06. The van der Waals surface area contributed by atoms with Crippen LogP contribution in [0.4, 0.5) is 0 Å². The van der Waals surface area contributed by atoms with Crippen molar-refractivity contribution in [1.29, 1.82) is 0 Å². The van der Waals surface area contributed by atoms with Gasteiger partial charge in [0.15, 0.2) is 6.04 Å². The van der Waals surface area contributed by atoms with E-state index in [0.29, 0.717) is 13.0 Å². The van der Waals surface area contributed by atoms with Gasteiger partial charge >= 0.3 is 5.97 Å². The van der Waals surface area contributed by atoms with Crippen LogP contribution in [0.15, 0.2) is 0 Å². The minimum absolute atomic E-state index is 0.214. The molecule has 0 radical (unpaired) electrons. The number of rotatable bonds is 2. The number of carbonyl (C=O) groups is 2. The van der Waals surface area contributed by atoms with Gasteiger partial charge in [-0.1, -0.05) is 13.8 Å². The zero-order chi connectivity index (χ0) is 10.9. The SMILES string of the molecule is CC(C)C(=O)N1CCC(O)[C@H]1C(=O)O. The van der Waals surface area contributed by atoms with Crippen LogP contribution >= 0.6 is 0 Å². The highest BCUT2D eigenvalue weighted by atomic mass is 16.4. The summed E-state index contributed by atoms with van der Waals surface area (Å²) in [4.78, 5) is 23.6. The second-order valence-electron chi connectivity index (χ2n) is 3.83. The van der Waals surface area contributed by atoms with Crippen LogP contribution in [0, 0.1) is 5.92 Å². The van der Waals surface area contributed by atoms with E-state index >= 15 is 0 Å². The Hall–Kier alpha value is -1.10. The lowest BCUT2D eigenvalue weighted by Crippen LogP contribution is -2.46. The number of aliphatic hydroxyl groups is 1. The number of aliphatic carboxylic acids is 1. The Bertz CT molecular complexity index is 251. The Morgan fingerprint density at radius 2 is 2.00 bits per heavy atom. The number of nitrogens with zero attached hydrogens (tertiary/aromatic N) is 1. The maximum atomic E-state index is 11.6. The number of hydrogen-bond acceptors (Lipinski definition) is 3. The summed E-state index contributed by atoms with van der Waals surface area (Å²) < 4.78 is 0. The molecule has 1 saturated heterocycles. The number of carboxylic acid groups (broad SMARTS) is 1. The van der Waals surface area contributed by atoms with Crippen LogP contribution in [0.1, 0.15) is 20.3 Å². The summed E-state index contributed by atoms with van der Waals surface area (Å²) in [5, 5.41) is 18.2. The minimum Gasteiger partial charge on any atom is -0.480 e. The number of aliphatic hydroxyl groups excluding tert-OH is 1. The Morgan fingerprint density at radius 3 is 2.43 bits per heavy atom. The molecule has 0 bridgehead atoms. The molecule has 1 aliphatic heterocycles. The fourth-order valence-corrected chi connectivity index (χ4v) is 1.65. The van der Waals surface area contributed by atoms with E-state index in [-0.39, 0.29) is 11.8 Å². The van der Waals surface area contributed by atoms with Crippen LogP contribution in [0.25, 0.3) is 0 Å². The highest BCUT2D eigenvalue weighted by Crippen LogP contribution is 2.20. The first kappa shape index (κ1) is 11.0. The first-order chi connectivity index (χ1) is 6.45.